The molecule has 2 amide bonds. The van der Waals surface area contributed by atoms with Crippen LogP contribution in [-0.2, 0) is 47.9 Å². The molecule has 0 spiro atoms. The Morgan fingerprint density at radius 1 is 0.556 bits per heavy atom. The predicted molar refractivity (Wildman–Crippen MR) is 243 cm³/mol. The fourth-order valence-corrected chi connectivity index (χ4v) is 5.07. The Kier molecular flexibility index (Phi) is 31.3. The second kappa shape index (κ2) is 33.8. The lowest BCUT2D eigenvalue weighted by Crippen LogP contribution is -2.24. The standard InChI is InChI=1S/C13H21N2O5P.C12H19N2O5P.C12H18NO6P.CH5N/c1-14-13(16)8-19-9-5-11(17-3)10(7-15(2)20-21)12(6-9)18-4;1-13-12(15)7-18-8-4-10(16-2)9(6-14-19-20)11(5-8)17-3;1-13(19-20)6-9-10(16-2)4-8(5-11(9)17-3)18-7-12(14)15;1-2/h5-6H,7-8,21H2,1-4H3,(H,14,16);4-5,14H,6-7,20H2,1-3H3,(H,13,15);4-5H,6-7,20H2,1-3H3,(H,14,15);2H2,1H3. The molecule has 0 heterocycles. The van der Waals surface area contributed by atoms with Gasteiger partial charge >= 0.3 is 5.97 Å². The number of hydroxylamine groups is 5. The normalized spacial score (nSPS) is 10.0. The average molecular weight is 953 g/mol. The summed E-state index contributed by atoms with van der Waals surface area (Å²) in [5, 5.41) is 16.8. The Morgan fingerprint density at radius 2 is 0.841 bits per heavy atom. The number of benzene rings is 3. The molecule has 3 aromatic rings. The Bertz CT molecular complexity index is 1740. The van der Waals surface area contributed by atoms with Gasteiger partial charge in [-0.05, 0) is 7.05 Å². The van der Waals surface area contributed by atoms with Gasteiger partial charge in [0.05, 0.1) is 79.0 Å². The Labute approximate surface area is 375 Å². The number of carboxylic acid groups (broad SMARTS) is 1. The fraction of sp³-hybridized carbons (Fsp3) is 0.447. The van der Waals surface area contributed by atoms with E-state index in [-0.39, 0.29) is 25.0 Å². The van der Waals surface area contributed by atoms with Crippen molar-refractivity contribution in [1.29, 1.82) is 0 Å². The van der Waals surface area contributed by atoms with Crippen LogP contribution in [0.1, 0.15) is 16.7 Å². The van der Waals surface area contributed by atoms with Crippen molar-refractivity contribution in [3.63, 3.8) is 0 Å². The minimum atomic E-state index is -1.05. The van der Waals surface area contributed by atoms with Crippen LogP contribution in [0.3, 0.4) is 0 Å². The van der Waals surface area contributed by atoms with Crippen LogP contribution in [0, 0.1) is 0 Å². The number of hydrogen-bond donors (Lipinski definition) is 5. The summed E-state index contributed by atoms with van der Waals surface area (Å²) in [6.45, 7) is 0.707. The first-order chi connectivity index (χ1) is 30.2. The lowest BCUT2D eigenvalue weighted by Gasteiger charge is -2.19. The third-order valence-corrected chi connectivity index (χ3v) is 8.74. The van der Waals surface area contributed by atoms with Gasteiger partial charge in [-0.3, -0.25) is 23.5 Å². The maximum atomic E-state index is 11.2. The molecule has 0 bridgehead atoms. The summed E-state index contributed by atoms with van der Waals surface area (Å²) in [5.41, 5.74) is 9.56. The van der Waals surface area contributed by atoms with Crippen molar-refractivity contribution in [2.75, 3.05) is 97.7 Å². The molecule has 25 heteroatoms. The number of carbonyl (C=O) groups excluding carboxylic acids is 2. The number of aliphatic carboxylic acids is 1. The van der Waals surface area contributed by atoms with Gasteiger partial charge in [0.2, 0.25) is 0 Å². The van der Waals surface area contributed by atoms with Gasteiger partial charge in [0.25, 0.3) is 11.8 Å². The fourth-order valence-electron chi connectivity index (χ4n) is 4.84. The number of methoxy groups -OCH3 is 6. The predicted octanol–water partition coefficient (Wildman–Crippen LogP) is 2.52. The summed E-state index contributed by atoms with van der Waals surface area (Å²) >= 11 is 0. The van der Waals surface area contributed by atoms with Gasteiger partial charge in [-0.15, -0.1) is 0 Å². The molecule has 3 aromatic carbocycles. The van der Waals surface area contributed by atoms with Crippen LogP contribution < -0.4 is 64.5 Å². The van der Waals surface area contributed by atoms with Crippen molar-refractivity contribution >= 4 is 46.2 Å². The number of nitrogens with two attached hydrogens (primary N) is 1. The van der Waals surface area contributed by atoms with E-state index in [2.05, 4.69) is 50.2 Å². The highest BCUT2D eigenvalue weighted by molar-refractivity contribution is 7.10. The number of rotatable bonds is 24. The molecule has 3 rings (SSSR count). The van der Waals surface area contributed by atoms with E-state index < -0.39 is 12.6 Å². The SMILES string of the molecule is CN.CNC(=O)COc1cc(OC)c(CN(C)OP)c(OC)c1.CNC(=O)COc1cc(OC)c(CNOP)c(OC)c1.COc1cc(OCC(=O)O)cc(OC)c1CN(C)OP. The zero-order valence-corrected chi connectivity index (χ0v) is 40.9. The molecule has 356 valence electrons. The molecule has 3 atom stereocenters. The maximum absolute atomic E-state index is 11.2. The molecule has 6 N–H and O–H groups in total. The summed E-state index contributed by atoms with van der Waals surface area (Å²) in [6, 6.07) is 10.0. The van der Waals surface area contributed by atoms with E-state index >= 15 is 0 Å². The van der Waals surface area contributed by atoms with Gasteiger partial charge in [-0.25, -0.2) is 4.79 Å². The van der Waals surface area contributed by atoms with Crippen LogP contribution in [-0.4, -0.2) is 131 Å². The van der Waals surface area contributed by atoms with E-state index in [0.29, 0.717) is 71.4 Å². The number of likely N-dealkylation sites (N-methyl/N-ethyl adjacent to an activating group) is 2. The van der Waals surface area contributed by atoms with Crippen molar-refractivity contribution in [2.24, 2.45) is 5.73 Å². The first-order valence-corrected chi connectivity index (χ1v) is 19.7. The second-order valence-corrected chi connectivity index (χ2v) is 12.4. The molecular weight excluding hydrogens is 889 g/mol. The molecule has 0 fully saturated rings. The first-order valence-electron chi connectivity index (χ1n) is 18.3. The lowest BCUT2D eigenvalue weighted by molar-refractivity contribution is -0.139. The molecule has 0 aliphatic heterocycles. The summed E-state index contributed by atoms with van der Waals surface area (Å²) in [5.74, 6) is 3.24. The minimum absolute atomic E-state index is 0.0726. The smallest absolute Gasteiger partial charge is 0.341 e. The minimum Gasteiger partial charge on any atom is -0.496 e. The molecule has 63 heavy (non-hydrogen) atoms. The molecular formula is C38H63N6O16P3. The number of carbonyl (C=O) groups is 3. The van der Waals surface area contributed by atoms with Gasteiger partial charge < -0.3 is 64.1 Å². The van der Waals surface area contributed by atoms with Gasteiger partial charge in [0.15, 0.2) is 19.8 Å². The lowest BCUT2D eigenvalue weighted by atomic mass is 10.1. The average Bonchev–Trinajstić information content (AvgIpc) is 3.31. The van der Waals surface area contributed by atoms with Gasteiger partial charge in [-0.1, -0.05) is 0 Å². The van der Waals surface area contributed by atoms with Crippen molar-refractivity contribution in [2.45, 2.75) is 19.6 Å². The van der Waals surface area contributed by atoms with Crippen molar-refractivity contribution in [3.8, 4) is 51.7 Å². The third kappa shape index (κ3) is 21.5. The largest absolute Gasteiger partial charge is 0.496 e. The quantitative estimate of drug-likeness (QED) is 0.0639. The van der Waals surface area contributed by atoms with E-state index in [9.17, 15) is 14.4 Å². The molecule has 0 saturated heterocycles. The van der Waals surface area contributed by atoms with E-state index in [4.69, 9.17) is 61.6 Å². The third-order valence-electron chi connectivity index (χ3n) is 7.86. The number of hydrogen-bond acceptors (Lipinski definition) is 19. The van der Waals surface area contributed by atoms with Gasteiger partial charge in [0, 0.05) is 93.0 Å². The summed E-state index contributed by atoms with van der Waals surface area (Å²) < 4.78 is 62.6. The number of ether oxygens (including phenoxy) is 9. The molecule has 22 nitrogen and oxygen atoms in total. The molecule has 0 aliphatic rings. The monoisotopic (exact) mass is 952 g/mol. The number of nitrogens with one attached hydrogen (secondary N) is 3. The van der Waals surface area contributed by atoms with Gasteiger partial charge in [-0.2, -0.15) is 15.6 Å². The topological polar surface area (TPSA) is 251 Å². The van der Waals surface area contributed by atoms with Crippen molar-refractivity contribution in [1.82, 2.24) is 26.2 Å². The zero-order valence-electron chi connectivity index (χ0n) is 37.5. The number of amides is 2. The molecule has 0 aliphatic carbocycles. The highest BCUT2D eigenvalue weighted by Crippen LogP contribution is 2.37. The van der Waals surface area contributed by atoms with E-state index in [0.717, 1.165) is 16.7 Å². The summed E-state index contributed by atoms with van der Waals surface area (Å²) in [7, 11) is 23.8. The van der Waals surface area contributed by atoms with Crippen molar-refractivity contribution in [3.05, 3.63) is 53.1 Å². The van der Waals surface area contributed by atoms with Crippen LogP contribution in [0.15, 0.2) is 36.4 Å². The second-order valence-electron chi connectivity index (χ2n) is 11.7. The highest BCUT2D eigenvalue weighted by Gasteiger charge is 2.18. The summed E-state index contributed by atoms with van der Waals surface area (Å²) in [6.07, 6.45) is 0. The van der Waals surface area contributed by atoms with Gasteiger partial charge in [0.1, 0.15) is 51.7 Å². The van der Waals surface area contributed by atoms with Crippen molar-refractivity contribution < 1.29 is 76.0 Å². The first kappa shape index (κ1) is 58.3. The van der Waals surface area contributed by atoms with E-state index in [1.807, 2.05) is 0 Å². The van der Waals surface area contributed by atoms with E-state index in [1.54, 1.807) is 103 Å². The molecule has 0 aromatic heterocycles. The Balaban J connectivity index is 0.000000897. The molecule has 3 unspecified atom stereocenters. The van der Waals surface area contributed by atoms with Crippen LogP contribution in [0.2, 0.25) is 0 Å². The number of nitrogens with zero attached hydrogens (tertiary/aromatic N) is 2. The Morgan fingerprint density at radius 3 is 1.08 bits per heavy atom. The van der Waals surface area contributed by atoms with Crippen LogP contribution >= 0.6 is 28.4 Å². The zero-order chi connectivity index (χ0) is 47.9. The van der Waals surface area contributed by atoms with Crippen LogP contribution in [0.4, 0.5) is 0 Å². The van der Waals surface area contributed by atoms with Crippen LogP contribution in [0.5, 0.6) is 51.7 Å². The Hall–Kier alpha value is -4.72. The van der Waals surface area contributed by atoms with E-state index in [1.165, 1.54) is 21.3 Å². The molecule has 0 radical (unpaired) electrons. The highest BCUT2D eigenvalue weighted by atomic mass is 31.0. The molecule has 0 saturated carbocycles. The maximum Gasteiger partial charge on any atom is 0.341 e. The van der Waals surface area contributed by atoms with Crippen LogP contribution in [0.25, 0.3) is 0 Å². The number of carboxylic acids is 1. The summed E-state index contributed by atoms with van der Waals surface area (Å²) in [4.78, 5) is 32.9.